The van der Waals surface area contributed by atoms with E-state index in [1.165, 1.54) is 0 Å². The first-order chi connectivity index (χ1) is 10.1. The number of benzene rings is 2. The molecule has 0 N–H and O–H groups in total. The molecule has 3 nitrogen and oxygen atoms in total. The SMILES string of the molecule is CC(C)Oc1ccc2c(c1)OCC(c1ccccc1)C2=O. The average molecular weight is 282 g/mol. The molecule has 1 atom stereocenters. The number of carbonyl (C=O) groups excluding carboxylic acids is 1. The fraction of sp³-hybridized carbons (Fsp3) is 0.278. The van der Waals surface area contributed by atoms with E-state index >= 15 is 0 Å². The molecule has 1 aliphatic heterocycles. The van der Waals surface area contributed by atoms with Gasteiger partial charge in [-0.3, -0.25) is 4.79 Å². The zero-order chi connectivity index (χ0) is 14.8. The maximum absolute atomic E-state index is 12.6. The number of ether oxygens (including phenoxy) is 2. The van der Waals surface area contributed by atoms with Gasteiger partial charge in [0.15, 0.2) is 5.78 Å². The lowest BCUT2D eigenvalue weighted by molar-refractivity contribution is 0.0896. The predicted molar refractivity (Wildman–Crippen MR) is 81.2 cm³/mol. The molecule has 3 rings (SSSR count). The van der Waals surface area contributed by atoms with Gasteiger partial charge in [0.1, 0.15) is 18.1 Å². The van der Waals surface area contributed by atoms with Crippen molar-refractivity contribution < 1.29 is 14.3 Å². The molecule has 1 heterocycles. The first kappa shape index (κ1) is 13.7. The summed E-state index contributed by atoms with van der Waals surface area (Å²) in [6.45, 7) is 4.31. The van der Waals surface area contributed by atoms with Crippen LogP contribution in [0.3, 0.4) is 0 Å². The molecule has 2 aromatic rings. The molecule has 2 aromatic carbocycles. The summed E-state index contributed by atoms with van der Waals surface area (Å²) in [4.78, 5) is 12.6. The van der Waals surface area contributed by atoms with Crippen molar-refractivity contribution in [1.82, 2.24) is 0 Å². The van der Waals surface area contributed by atoms with E-state index in [1.807, 2.05) is 50.2 Å². The van der Waals surface area contributed by atoms with Crippen molar-refractivity contribution in [3.8, 4) is 11.5 Å². The minimum Gasteiger partial charge on any atom is -0.492 e. The lowest BCUT2D eigenvalue weighted by Crippen LogP contribution is -2.26. The van der Waals surface area contributed by atoms with Crippen molar-refractivity contribution in [2.24, 2.45) is 0 Å². The fourth-order valence-electron chi connectivity index (χ4n) is 2.54. The minimum atomic E-state index is -0.226. The van der Waals surface area contributed by atoms with Gasteiger partial charge in [-0.05, 0) is 31.5 Å². The summed E-state index contributed by atoms with van der Waals surface area (Å²) < 4.78 is 11.4. The van der Waals surface area contributed by atoms with Crippen LogP contribution in [0.5, 0.6) is 11.5 Å². The number of rotatable bonds is 3. The first-order valence-corrected chi connectivity index (χ1v) is 7.18. The summed E-state index contributed by atoms with van der Waals surface area (Å²) in [6.07, 6.45) is 0.0967. The van der Waals surface area contributed by atoms with E-state index in [0.29, 0.717) is 17.9 Å². The van der Waals surface area contributed by atoms with Gasteiger partial charge in [-0.1, -0.05) is 30.3 Å². The summed E-state index contributed by atoms with van der Waals surface area (Å²) in [5, 5.41) is 0. The molecule has 0 bridgehead atoms. The highest BCUT2D eigenvalue weighted by atomic mass is 16.5. The van der Waals surface area contributed by atoms with E-state index < -0.39 is 0 Å². The Kier molecular flexibility index (Phi) is 3.65. The van der Waals surface area contributed by atoms with Crippen molar-refractivity contribution in [1.29, 1.82) is 0 Å². The van der Waals surface area contributed by atoms with Gasteiger partial charge in [0.2, 0.25) is 0 Å². The standard InChI is InChI=1S/C18H18O3/c1-12(2)21-14-8-9-15-17(10-14)20-11-16(18(15)19)13-6-4-3-5-7-13/h3-10,12,16H,11H2,1-2H3. The van der Waals surface area contributed by atoms with Crippen molar-refractivity contribution in [2.45, 2.75) is 25.9 Å². The van der Waals surface area contributed by atoms with Gasteiger partial charge in [-0.2, -0.15) is 0 Å². The molecule has 108 valence electrons. The van der Waals surface area contributed by atoms with Crippen LogP contribution in [0.15, 0.2) is 48.5 Å². The number of Topliss-reactive ketones (excluding diaryl/α,β-unsaturated/α-hetero) is 1. The molecule has 0 aliphatic carbocycles. The molecule has 0 saturated heterocycles. The number of ketones is 1. The fourth-order valence-corrected chi connectivity index (χ4v) is 2.54. The molecule has 3 heteroatoms. The van der Waals surface area contributed by atoms with E-state index in [4.69, 9.17) is 9.47 Å². The van der Waals surface area contributed by atoms with Crippen molar-refractivity contribution in [2.75, 3.05) is 6.61 Å². The van der Waals surface area contributed by atoms with Crippen molar-refractivity contribution >= 4 is 5.78 Å². The second kappa shape index (κ2) is 5.60. The molecule has 0 spiro atoms. The largest absolute Gasteiger partial charge is 0.492 e. The molecular formula is C18H18O3. The number of hydrogen-bond donors (Lipinski definition) is 0. The van der Waals surface area contributed by atoms with Crippen molar-refractivity contribution in [3.05, 3.63) is 59.7 Å². The summed E-state index contributed by atoms with van der Waals surface area (Å²) in [5.41, 5.74) is 1.63. The number of hydrogen-bond acceptors (Lipinski definition) is 3. The highest BCUT2D eigenvalue weighted by molar-refractivity contribution is 6.04. The van der Waals surface area contributed by atoms with Crippen LogP contribution in [0.1, 0.15) is 35.7 Å². The van der Waals surface area contributed by atoms with Gasteiger partial charge in [-0.15, -0.1) is 0 Å². The first-order valence-electron chi connectivity index (χ1n) is 7.18. The monoisotopic (exact) mass is 282 g/mol. The van der Waals surface area contributed by atoms with Crippen LogP contribution < -0.4 is 9.47 Å². The maximum Gasteiger partial charge on any atom is 0.177 e. The Morgan fingerprint density at radius 3 is 2.62 bits per heavy atom. The Labute approximate surface area is 124 Å². The van der Waals surface area contributed by atoms with Crippen LogP contribution in [-0.4, -0.2) is 18.5 Å². The van der Waals surface area contributed by atoms with E-state index in [1.54, 1.807) is 12.1 Å². The molecule has 0 fully saturated rings. The zero-order valence-electron chi connectivity index (χ0n) is 12.2. The smallest absolute Gasteiger partial charge is 0.177 e. The molecule has 0 radical (unpaired) electrons. The lowest BCUT2D eigenvalue weighted by Gasteiger charge is -2.25. The molecule has 0 amide bonds. The van der Waals surface area contributed by atoms with Crippen LogP contribution in [0.2, 0.25) is 0 Å². The van der Waals surface area contributed by atoms with Gasteiger partial charge in [-0.25, -0.2) is 0 Å². The van der Waals surface area contributed by atoms with Gasteiger partial charge >= 0.3 is 0 Å². The summed E-state index contributed by atoms with van der Waals surface area (Å²) >= 11 is 0. The van der Waals surface area contributed by atoms with Crippen LogP contribution >= 0.6 is 0 Å². The third kappa shape index (κ3) is 2.77. The zero-order valence-corrected chi connectivity index (χ0v) is 12.2. The van der Waals surface area contributed by atoms with Gasteiger partial charge in [0.05, 0.1) is 17.6 Å². The molecule has 0 saturated carbocycles. The summed E-state index contributed by atoms with van der Waals surface area (Å²) in [7, 11) is 0. The summed E-state index contributed by atoms with van der Waals surface area (Å²) in [5.74, 6) is 1.23. The van der Waals surface area contributed by atoms with Crippen LogP contribution in [0, 0.1) is 0 Å². The number of carbonyl (C=O) groups is 1. The minimum absolute atomic E-state index is 0.0967. The Morgan fingerprint density at radius 1 is 1.14 bits per heavy atom. The van der Waals surface area contributed by atoms with Gasteiger partial charge < -0.3 is 9.47 Å². The Balaban J connectivity index is 1.89. The topological polar surface area (TPSA) is 35.5 Å². The average Bonchev–Trinajstić information content (AvgIpc) is 2.48. The van der Waals surface area contributed by atoms with Crippen LogP contribution in [0.25, 0.3) is 0 Å². The van der Waals surface area contributed by atoms with Crippen molar-refractivity contribution in [3.63, 3.8) is 0 Å². The highest BCUT2D eigenvalue weighted by Crippen LogP contribution is 2.35. The molecular weight excluding hydrogens is 264 g/mol. The number of fused-ring (bicyclic) bond motifs is 1. The Bertz CT molecular complexity index is 647. The van der Waals surface area contributed by atoms with Crippen LogP contribution in [-0.2, 0) is 0 Å². The third-order valence-electron chi connectivity index (χ3n) is 3.51. The Morgan fingerprint density at radius 2 is 1.90 bits per heavy atom. The highest BCUT2D eigenvalue weighted by Gasteiger charge is 2.30. The molecule has 21 heavy (non-hydrogen) atoms. The van der Waals surface area contributed by atoms with E-state index in [0.717, 1.165) is 11.3 Å². The Hall–Kier alpha value is -2.29. The quantitative estimate of drug-likeness (QED) is 0.858. The summed E-state index contributed by atoms with van der Waals surface area (Å²) in [6, 6.07) is 15.2. The predicted octanol–water partition coefficient (Wildman–Crippen LogP) is 3.83. The van der Waals surface area contributed by atoms with E-state index in [2.05, 4.69) is 0 Å². The second-order valence-corrected chi connectivity index (χ2v) is 5.46. The second-order valence-electron chi connectivity index (χ2n) is 5.46. The van der Waals surface area contributed by atoms with Crippen LogP contribution in [0.4, 0.5) is 0 Å². The van der Waals surface area contributed by atoms with Gasteiger partial charge in [0.25, 0.3) is 0 Å². The van der Waals surface area contributed by atoms with Gasteiger partial charge in [0, 0.05) is 6.07 Å². The normalized spacial score (nSPS) is 17.3. The molecule has 1 unspecified atom stereocenters. The van der Waals surface area contributed by atoms with E-state index in [9.17, 15) is 4.79 Å². The maximum atomic E-state index is 12.6. The van der Waals surface area contributed by atoms with E-state index in [-0.39, 0.29) is 17.8 Å². The molecule has 1 aliphatic rings. The third-order valence-corrected chi connectivity index (χ3v) is 3.51. The molecule has 0 aromatic heterocycles. The lowest BCUT2D eigenvalue weighted by atomic mass is 9.89.